The van der Waals surface area contributed by atoms with Gasteiger partial charge in [-0.1, -0.05) is 48.6 Å². The first-order valence-corrected chi connectivity index (χ1v) is 15.4. The average Bonchev–Trinajstić information content (AvgIpc) is 3.56. The summed E-state index contributed by atoms with van der Waals surface area (Å²) >= 11 is 0. The summed E-state index contributed by atoms with van der Waals surface area (Å²) in [6.45, 7) is 0.459. The Morgan fingerprint density at radius 2 is 1.57 bits per heavy atom. The number of piperidine rings is 1. The number of allylic oxidation sites excluding steroid dienone is 3. The molecule has 47 heavy (non-hydrogen) atoms. The maximum Gasteiger partial charge on any atom is 0.253 e. The number of nitrogen functional groups attached to an aromatic ring is 1. The Morgan fingerprint density at radius 1 is 0.872 bits per heavy atom. The highest BCUT2D eigenvalue weighted by Gasteiger charge is 2.35. The van der Waals surface area contributed by atoms with Gasteiger partial charge in [0, 0.05) is 50.3 Å². The van der Waals surface area contributed by atoms with Gasteiger partial charge < -0.3 is 16.0 Å². The molecule has 0 radical (unpaired) electrons. The molecule has 0 atom stereocenters. The smallest absolute Gasteiger partial charge is 0.253 e. The Morgan fingerprint density at radius 3 is 2.28 bits per heavy atom. The molecule has 1 aromatic heterocycles. The number of rotatable bonds is 8. The van der Waals surface area contributed by atoms with Gasteiger partial charge in [-0.25, -0.2) is 18.2 Å². The van der Waals surface area contributed by atoms with Crippen LogP contribution >= 0.6 is 0 Å². The molecule has 6 rings (SSSR count). The zero-order valence-electron chi connectivity index (χ0n) is 25.6. The minimum Gasteiger partial charge on any atom is -0.384 e. The lowest BCUT2D eigenvalue weighted by atomic mass is 9.90. The number of hydrogen-bond donors (Lipinski definition) is 2. The van der Waals surface area contributed by atoms with Crippen LogP contribution in [-0.2, 0) is 4.79 Å². The van der Waals surface area contributed by atoms with Crippen LogP contribution in [0, 0.1) is 5.82 Å². The molecule has 2 aliphatic rings. The van der Waals surface area contributed by atoms with Crippen LogP contribution in [0.4, 0.5) is 19.0 Å². The van der Waals surface area contributed by atoms with Crippen molar-refractivity contribution in [3.05, 3.63) is 131 Å². The summed E-state index contributed by atoms with van der Waals surface area (Å²) in [7, 11) is 0. The van der Waals surface area contributed by atoms with Crippen LogP contribution in [0.5, 0.6) is 0 Å². The van der Waals surface area contributed by atoms with E-state index >= 15 is 0 Å². The van der Waals surface area contributed by atoms with E-state index in [0.717, 1.165) is 44.5 Å². The van der Waals surface area contributed by atoms with Gasteiger partial charge in [0.25, 0.3) is 11.8 Å². The van der Waals surface area contributed by atoms with E-state index in [2.05, 4.69) is 10.3 Å². The van der Waals surface area contributed by atoms with Crippen molar-refractivity contribution in [2.24, 2.45) is 0 Å². The third-order valence-corrected chi connectivity index (χ3v) is 8.43. The highest BCUT2D eigenvalue weighted by molar-refractivity contribution is 5.95. The van der Waals surface area contributed by atoms with Crippen molar-refractivity contribution in [2.45, 2.75) is 25.2 Å². The monoisotopic (exact) mass is 634 g/mol. The van der Waals surface area contributed by atoms with Crippen LogP contribution in [0.25, 0.3) is 33.9 Å². The molecule has 0 unspecified atom stereocenters. The maximum absolute atomic E-state index is 13.9. The average molecular weight is 635 g/mol. The molecule has 1 saturated heterocycles. The number of halogens is 3. The molecule has 238 valence electrons. The summed E-state index contributed by atoms with van der Waals surface area (Å²) in [5.41, 5.74) is 13.5. The van der Waals surface area contributed by atoms with Crippen LogP contribution in [0.1, 0.15) is 40.7 Å². The fraction of sp³-hybridized carbons (Fsp3) is 0.184. The first kappa shape index (κ1) is 31.5. The summed E-state index contributed by atoms with van der Waals surface area (Å²) in [6, 6.07) is 23.0. The number of nitrogens with one attached hydrogen (secondary N) is 1. The molecule has 9 heteroatoms. The SMILES string of the molecule is Nc1ccc(/C=C/C(=O)NCC2=CC=C(c3ccc(-c4ccc(C(=O)N5CCC(F)(F)CC5)cc4)cc3-c3ccc(F)cc3)C2)cn1. The second kappa shape index (κ2) is 13.5. The lowest BCUT2D eigenvalue weighted by molar-refractivity contribution is -0.116. The van der Waals surface area contributed by atoms with Crippen molar-refractivity contribution in [1.29, 1.82) is 0 Å². The molecule has 2 heterocycles. The lowest BCUT2D eigenvalue weighted by Crippen LogP contribution is -2.42. The largest absolute Gasteiger partial charge is 0.384 e. The zero-order valence-corrected chi connectivity index (χ0v) is 25.6. The molecule has 2 amide bonds. The third-order valence-electron chi connectivity index (χ3n) is 8.43. The molecule has 0 saturated carbocycles. The highest BCUT2D eigenvalue weighted by atomic mass is 19.3. The van der Waals surface area contributed by atoms with Crippen LogP contribution in [-0.4, -0.2) is 47.3 Å². The molecule has 0 spiro atoms. The molecule has 0 bridgehead atoms. The highest BCUT2D eigenvalue weighted by Crippen LogP contribution is 2.38. The van der Waals surface area contributed by atoms with Gasteiger partial charge in [0.1, 0.15) is 11.6 Å². The second-order valence-electron chi connectivity index (χ2n) is 11.8. The van der Waals surface area contributed by atoms with Gasteiger partial charge in [0.2, 0.25) is 5.91 Å². The van der Waals surface area contributed by atoms with Crippen LogP contribution < -0.4 is 11.1 Å². The molecule has 1 fully saturated rings. The molecule has 1 aliphatic heterocycles. The lowest BCUT2D eigenvalue weighted by Gasteiger charge is -2.31. The van der Waals surface area contributed by atoms with Gasteiger partial charge in [-0.05, 0) is 99.5 Å². The van der Waals surface area contributed by atoms with Crippen LogP contribution in [0.2, 0.25) is 0 Å². The van der Waals surface area contributed by atoms with Gasteiger partial charge in [0.05, 0.1) is 0 Å². The number of carbonyl (C=O) groups is 2. The quantitative estimate of drug-likeness (QED) is 0.196. The van der Waals surface area contributed by atoms with Crippen molar-refractivity contribution in [3.8, 4) is 22.3 Å². The van der Waals surface area contributed by atoms with E-state index in [-0.39, 0.29) is 43.6 Å². The zero-order chi connectivity index (χ0) is 33.0. The van der Waals surface area contributed by atoms with Crippen LogP contribution in [0.3, 0.4) is 0 Å². The standard InChI is InChI=1S/C38H33F3N4O2/c39-32-12-9-28(10-13-32)34-22-30(27-5-7-29(8-6-27)37(47)45-19-17-38(40,41)18-20-45)11-14-33(34)31-4-1-26(21-31)24-44-36(46)16-3-25-2-15-35(42)43-23-25/h1-16,22-23H,17-21,24H2,(H2,42,43)(H,44,46)/b16-3+. The number of carbonyl (C=O) groups excluding carboxylic acids is 2. The number of nitrogens with zero attached hydrogens (tertiary/aromatic N) is 2. The predicted molar refractivity (Wildman–Crippen MR) is 179 cm³/mol. The Bertz CT molecular complexity index is 1870. The number of amides is 2. The molecular formula is C38H33F3N4O2. The number of anilines is 1. The van der Waals surface area contributed by atoms with E-state index in [1.165, 1.54) is 23.1 Å². The summed E-state index contributed by atoms with van der Waals surface area (Å²) in [6.07, 6.45) is 8.77. The summed E-state index contributed by atoms with van der Waals surface area (Å²) in [5.74, 6) is -3.11. The van der Waals surface area contributed by atoms with E-state index in [9.17, 15) is 22.8 Å². The first-order valence-electron chi connectivity index (χ1n) is 15.4. The van der Waals surface area contributed by atoms with E-state index in [0.29, 0.717) is 24.3 Å². The van der Waals surface area contributed by atoms with Crippen molar-refractivity contribution < 1.29 is 22.8 Å². The maximum atomic E-state index is 13.9. The molecule has 3 aromatic carbocycles. The Labute approximate surface area is 271 Å². The number of hydrogen-bond acceptors (Lipinski definition) is 4. The fourth-order valence-corrected chi connectivity index (χ4v) is 5.73. The van der Waals surface area contributed by atoms with Gasteiger partial charge >= 0.3 is 0 Å². The minimum absolute atomic E-state index is 0.0361. The Kier molecular flexibility index (Phi) is 9.06. The van der Waals surface area contributed by atoms with E-state index in [1.54, 1.807) is 48.7 Å². The number of likely N-dealkylation sites (tertiary alicyclic amines) is 1. The van der Waals surface area contributed by atoms with Crippen molar-refractivity contribution >= 4 is 29.3 Å². The Hall–Kier alpha value is -5.44. The number of aromatic nitrogens is 1. The summed E-state index contributed by atoms with van der Waals surface area (Å²) < 4.78 is 41.0. The van der Waals surface area contributed by atoms with Gasteiger partial charge in [-0.15, -0.1) is 0 Å². The second-order valence-corrected chi connectivity index (χ2v) is 11.8. The molecular weight excluding hydrogens is 601 g/mol. The fourth-order valence-electron chi connectivity index (χ4n) is 5.73. The van der Waals surface area contributed by atoms with Gasteiger partial charge in [-0.3, -0.25) is 9.59 Å². The third kappa shape index (κ3) is 7.69. The topological polar surface area (TPSA) is 88.3 Å². The normalized spacial score (nSPS) is 15.8. The summed E-state index contributed by atoms with van der Waals surface area (Å²) in [5, 5.41) is 2.92. The number of alkyl halides is 2. The van der Waals surface area contributed by atoms with E-state index in [4.69, 9.17) is 5.73 Å². The minimum atomic E-state index is -2.72. The van der Waals surface area contributed by atoms with E-state index < -0.39 is 5.92 Å². The summed E-state index contributed by atoms with van der Waals surface area (Å²) in [4.78, 5) is 30.9. The first-order chi connectivity index (χ1) is 22.6. The number of nitrogens with two attached hydrogens (primary N) is 1. The van der Waals surface area contributed by atoms with E-state index in [1.807, 2.05) is 42.5 Å². The van der Waals surface area contributed by atoms with Crippen molar-refractivity contribution in [2.75, 3.05) is 25.4 Å². The molecule has 1 aliphatic carbocycles. The predicted octanol–water partition coefficient (Wildman–Crippen LogP) is 7.55. The molecule has 3 N–H and O–H groups in total. The van der Waals surface area contributed by atoms with Crippen molar-refractivity contribution in [3.63, 3.8) is 0 Å². The number of pyridine rings is 1. The Balaban J connectivity index is 1.15. The van der Waals surface area contributed by atoms with Crippen molar-refractivity contribution in [1.82, 2.24) is 15.2 Å². The molecule has 6 nitrogen and oxygen atoms in total. The van der Waals surface area contributed by atoms with Gasteiger partial charge in [-0.2, -0.15) is 0 Å². The molecule has 4 aromatic rings. The van der Waals surface area contributed by atoms with Crippen LogP contribution in [0.15, 0.2) is 109 Å². The van der Waals surface area contributed by atoms with Gasteiger partial charge in [0.15, 0.2) is 0 Å². The number of benzene rings is 3.